The first kappa shape index (κ1) is 16.7. The topological polar surface area (TPSA) is 70.2 Å². The number of hydrogen-bond donors (Lipinski definition) is 3. The van der Waals surface area contributed by atoms with E-state index in [4.69, 9.17) is 0 Å². The Morgan fingerprint density at radius 1 is 0.640 bits per heavy atom. The van der Waals surface area contributed by atoms with Crippen molar-refractivity contribution in [3.8, 4) is 0 Å². The molecule has 5 nitrogen and oxygen atoms in total. The van der Waals surface area contributed by atoms with Crippen LogP contribution < -0.4 is 15.4 Å². The lowest BCUT2D eigenvalue weighted by Gasteiger charge is -2.09. The van der Waals surface area contributed by atoms with Crippen molar-refractivity contribution >= 4 is 34.1 Å². The maximum Gasteiger partial charge on any atom is 0.323 e. The summed E-state index contributed by atoms with van der Waals surface area (Å²) in [6.45, 7) is 0. The normalized spacial score (nSPS) is 11.4. The fraction of sp³-hybridized carbons (Fsp3) is 0. The quantitative estimate of drug-likeness (QED) is 0.635. The van der Waals surface area contributed by atoms with Crippen molar-refractivity contribution in [1.29, 1.82) is 0 Å². The Hall–Kier alpha value is -3.12. The van der Waals surface area contributed by atoms with Gasteiger partial charge < -0.3 is 15.4 Å². The molecule has 3 N–H and O–H groups in total. The van der Waals surface area contributed by atoms with Gasteiger partial charge in [-0.3, -0.25) is 0 Å². The van der Waals surface area contributed by atoms with E-state index in [1.807, 2.05) is 48.5 Å². The van der Waals surface area contributed by atoms with Crippen LogP contribution in [0, 0.1) is 0 Å². The molecular weight excluding hydrogens is 334 g/mol. The Bertz CT molecular complexity index is 853. The fourth-order valence-electron chi connectivity index (χ4n) is 2.15. The molecule has 3 aromatic carbocycles. The Labute approximate surface area is 148 Å². The number of amides is 2. The number of hydrogen-bond acceptors (Lipinski definition) is 2. The average Bonchev–Trinajstić information content (AvgIpc) is 2.65. The second-order valence-corrected chi connectivity index (χ2v) is 6.42. The van der Waals surface area contributed by atoms with Crippen LogP contribution >= 0.6 is 0 Å². The molecule has 0 aliphatic carbocycles. The first-order chi connectivity index (χ1) is 12.2. The standard InChI is InChI=1S/C19H17N3O2S/c23-19(20-15-7-3-1-4-8-15)21-16-11-13-17(14-12-16)22-25(24)18-9-5-2-6-10-18/h1-14,22H,(H2,20,21,23). The van der Waals surface area contributed by atoms with Gasteiger partial charge in [-0.15, -0.1) is 0 Å². The molecule has 3 rings (SSSR count). The molecule has 25 heavy (non-hydrogen) atoms. The predicted molar refractivity (Wildman–Crippen MR) is 102 cm³/mol. The highest BCUT2D eigenvalue weighted by molar-refractivity contribution is 7.86. The van der Waals surface area contributed by atoms with Gasteiger partial charge in [0.25, 0.3) is 0 Å². The van der Waals surface area contributed by atoms with Crippen molar-refractivity contribution in [1.82, 2.24) is 0 Å². The zero-order chi connectivity index (χ0) is 17.5. The van der Waals surface area contributed by atoms with Crippen LogP contribution in [-0.4, -0.2) is 10.2 Å². The van der Waals surface area contributed by atoms with Crippen molar-refractivity contribution in [2.75, 3.05) is 15.4 Å². The number of urea groups is 1. The monoisotopic (exact) mass is 351 g/mol. The number of carbonyl (C=O) groups is 1. The van der Waals surface area contributed by atoms with Gasteiger partial charge in [-0.2, -0.15) is 0 Å². The first-order valence-corrected chi connectivity index (χ1v) is 8.82. The van der Waals surface area contributed by atoms with E-state index in [0.29, 0.717) is 16.3 Å². The van der Waals surface area contributed by atoms with Crippen LogP contribution in [-0.2, 0) is 11.0 Å². The molecule has 0 heterocycles. The van der Waals surface area contributed by atoms with Gasteiger partial charge in [-0.25, -0.2) is 9.00 Å². The summed E-state index contributed by atoms with van der Waals surface area (Å²) in [5, 5.41) is 5.49. The van der Waals surface area contributed by atoms with E-state index < -0.39 is 11.0 Å². The summed E-state index contributed by atoms with van der Waals surface area (Å²) < 4.78 is 15.1. The third-order valence-corrected chi connectivity index (χ3v) is 4.46. The third kappa shape index (κ3) is 4.92. The van der Waals surface area contributed by atoms with Crippen LogP contribution in [0.1, 0.15) is 0 Å². The predicted octanol–water partition coefficient (Wildman–Crippen LogP) is 4.47. The zero-order valence-corrected chi connectivity index (χ0v) is 14.1. The largest absolute Gasteiger partial charge is 0.323 e. The van der Waals surface area contributed by atoms with E-state index in [2.05, 4.69) is 15.4 Å². The number of benzene rings is 3. The number of carbonyl (C=O) groups excluding carboxylic acids is 1. The smallest absolute Gasteiger partial charge is 0.308 e. The maximum atomic E-state index is 12.2. The van der Waals surface area contributed by atoms with Crippen LogP contribution in [0.4, 0.5) is 21.9 Å². The highest BCUT2D eigenvalue weighted by Gasteiger charge is 2.05. The van der Waals surface area contributed by atoms with Crippen LogP contribution in [0.5, 0.6) is 0 Å². The summed E-state index contributed by atoms with van der Waals surface area (Å²) in [4.78, 5) is 12.6. The van der Waals surface area contributed by atoms with Crippen molar-refractivity contribution in [3.05, 3.63) is 84.9 Å². The van der Waals surface area contributed by atoms with E-state index in [0.717, 1.165) is 5.69 Å². The summed E-state index contributed by atoms with van der Waals surface area (Å²) in [7, 11) is -1.33. The number of rotatable bonds is 5. The minimum absolute atomic E-state index is 0.320. The van der Waals surface area contributed by atoms with Gasteiger partial charge in [0, 0.05) is 17.1 Å². The second-order valence-electron chi connectivity index (χ2n) is 5.21. The molecule has 126 valence electrons. The Kier molecular flexibility index (Phi) is 5.43. The summed E-state index contributed by atoms with van der Waals surface area (Å²) in [5.41, 5.74) is 2.07. The van der Waals surface area contributed by atoms with Crippen LogP contribution in [0.2, 0.25) is 0 Å². The van der Waals surface area contributed by atoms with E-state index in [-0.39, 0.29) is 6.03 Å². The summed E-state index contributed by atoms with van der Waals surface area (Å²) in [5.74, 6) is 0. The Morgan fingerprint density at radius 2 is 1.12 bits per heavy atom. The molecule has 6 heteroatoms. The molecule has 0 saturated carbocycles. The zero-order valence-electron chi connectivity index (χ0n) is 13.3. The fourth-order valence-corrected chi connectivity index (χ4v) is 3.02. The van der Waals surface area contributed by atoms with Gasteiger partial charge in [0.1, 0.15) is 11.0 Å². The van der Waals surface area contributed by atoms with E-state index in [1.54, 1.807) is 36.4 Å². The Balaban J connectivity index is 1.57. The molecule has 0 radical (unpaired) electrons. The SMILES string of the molecule is O=C(Nc1ccccc1)Nc1ccc(NS(=O)c2ccccc2)cc1. The van der Waals surface area contributed by atoms with Gasteiger partial charge in [0.15, 0.2) is 0 Å². The molecule has 0 bridgehead atoms. The van der Waals surface area contributed by atoms with Gasteiger partial charge in [0.2, 0.25) is 0 Å². The lowest BCUT2D eigenvalue weighted by molar-refractivity contribution is 0.262. The van der Waals surface area contributed by atoms with Gasteiger partial charge in [0.05, 0.1) is 4.90 Å². The summed E-state index contributed by atoms with van der Waals surface area (Å²) in [6.07, 6.45) is 0. The van der Waals surface area contributed by atoms with Crippen molar-refractivity contribution in [2.45, 2.75) is 4.90 Å². The van der Waals surface area contributed by atoms with Gasteiger partial charge >= 0.3 is 6.03 Å². The highest BCUT2D eigenvalue weighted by Crippen LogP contribution is 2.16. The molecule has 0 aliphatic heterocycles. The molecule has 3 aromatic rings. The van der Waals surface area contributed by atoms with Crippen LogP contribution in [0.15, 0.2) is 89.8 Å². The molecular formula is C19H17N3O2S. The molecule has 1 unspecified atom stereocenters. The highest BCUT2D eigenvalue weighted by atomic mass is 32.2. The second kappa shape index (κ2) is 8.12. The average molecular weight is 351 g/mol. The van der Waals surface area contributed by atoms with Gasteiger partial charge in [-0.1, -0.05) is 36.4 Å². The molecule has 0 saturated heterocycles. The number of para-hydroxylation sites is 1. The van der Waals surface area contributed by atoms with E-state index in [1.165, 1.54) is 0 Å². The first-order valence-electron chi connectivity index (χ1n) is 7.67. The van der Waals surface area contributed by atoms with Crippen LogP contribution in [0.3, 0.4) is 0 Å². The minimum Gasteiger partial charge on any atom is -0.308 e. The number of nitrogens with one attached hydrogen (secondary N) is 3. The van der Waals surface area contributed by atoms with Crippen molar-refractivity contribution in [2.24, 2.45) is 0 Å². The molecule has 0 fully saturated rings. The molecule has 2 amide bonds. The molecule has 1 atom stereocenters. The summed E-state index contributed by atoms with van der Waals surface area (Å²) in [6, 6.07) is 25.1. The lowest BCUT2D eigenvalue weighted by Crippen LogP contribution is -2.19. The number of anilines is 3. The van der Waals surface area contributed by atoms with Crippen molar-refractivity contribution < 1.29 is 9.00 Å². The molecule has 0 spiro atoms. The maximum absolute atomic E-state index is 12.2. The van der Waals surface area contributed by atoms with Crippen molar-refractivity contribution in [3.63, 3.8) is 0 Å². The molecule has 0 aromatic heterocycles. The minimum atomic E-state index is -1.33. The van der Waals surface area contributed by atoms with E-state index in [9.17, 15) is 9.00 Å². The molecule has 0 aliphatic rings. The van der Waals surface area contributed by atoms with Crippen LogP contribution in [0.25, 0.3) is 0 Å². The summed E-state index contributed by atoms with van der Waals surface area (Å²) >= 11 is 0. The van der Waals surface area contributed by atoms with E-state index >= 15 is 0 Å². The lowest BCUT2D eigenvalue weighted by atomic mass is 10.3. The third-order valence-electron chi connectivity index (χ3n) is 3.34. The van der Waals surface area contributed by atoms with Gasteiger partial charge in [-0.05, 0) is 48.5 Å². The Morgan fingerprint density at radius 3 is 1.72 bits per heavy atom.